The molecule has 0 aliphatic heterocycles. The maximum Gasteiger partial charge on any atom is 0.244 e. The zero-order chi connectivity index (χ0) is 18.4. The fourth-order valence-electron chi connectivity index (χ4n) is 1.90. The minimum atomic E-state index is -3.92. The van der Waals surface area contributed by atoms with Gasteiger partial charge in [-0.15, -0.1) is 0 Å². The Morgan fingerprint density at radius 1 is 1.12 bits per heavy atom. The molecule has 0 spiro atoms. The van der Waals surface area contributed by atoms with Crippen molar-refractivity contribution in [1.82, 2.24) is 10.0 Å². The van der Waals surface area contributed by atoms with Crippen LogP contribution in [0.15, 0.2) is 28.0 Å². The van der Waals surface area contributed by atoms with E-state index in [2.05, 4.69) is 10.0 Å². The highest BCUT2D eigenvalue weighted by molar-refractivity contribution is 7.91. The van der Waals surface area contributed by atoms with Crippen LogP contribution in [0.4, 0.5) is 0 Å². The second-order valence-corrected chi connectivity index (χ2v) is 8.92. The maximum atomic E-state index is 12.4. The fraction of sp³-hybridized carbons (Fsp3) is 0.500. The largest absolute Gasteiger partial charge is 0.495 e. The third-order valence-corrected chi connectivity index (χ3v) is 5.71. The molecule has 0 saturated heterocycles. The van der Waals surface area contributed by atoms with Crippen LogP contribution in [0.1, 0.15) is 19.8 Å². The van der Waals surface area contributed by atoms with Gasteiger partial charge in [0.2, 0.25) is 15.9 Å². The molecule has 0 heterocycles. The summed E-state index contributed by atoms with van der Waals surface area (Å²) in [5.41, 5.74) is 0. The number of hydrogen-bond acceptors (Lipinski definition) is 6. The molecule has 1 aromatic rings. The lowest BCUT2D eigenvalue weighted by Crippen LogP contribution is -2.27. The zero-order valence-electron chi connectivity index (χ0n) is 13.8. The minimum Gasteiger partial charge on any atom is -0.495 e. The van der Waals surface area contributed by atoms with Crippen molar-refractivity contribution in [1.29, 1.82) is 0 Å². The Morgan fingerprint density at radius 3 is 2.29 bits per heavy atom. The molecule has 10 heteroatoms. The molecule has 0 aliphatic rings. The Balaban J connectivity index is 2.84. The van der Waals surface area contributed by atoms with Crippen molar-refractivity contribution in [2.45, 2.75) is 29.6 Å². The first-order chi connectivity index (χ1) is 11.1. The van der Waals surface area contributed by atoms with Gasteiger partial charge in [0, 0.05) is 26.3 Å². The van der Waals surface area contributed by atoms with Crippen molar-refractivity contribution in [3.8, 4) is 5.75 Å². The Hall–Kier alpha value is -1.65. The Bertz CT molecular complexity index is 787. The van der Waals surface area contributed by atoms with Crippen LogP contribution in [-0.2, 0) is 24.7 Å². The highest BCUT2D eigenvalue weighted by Crippen LogP contribution is 2.26. The first-order valence-corrected chi connectivity index (χ1v) is 10.6. The van der Waals surface area contributed by atoms with E-state index >= 15 is 0 Å². The lowest BCUT2D eigenvalue weighted by atomic mass is 10.3. The molecule has 0 aromatic heterocycles. The van der Waals surface area contributed by atoms with Crippen molar-refractivity contribution in [2.75, 3.05) is 26.5 Å². The van der Waals surface area contributed by atoms with Crippen LogP contribution in [0.5, 0.6) is 5.75 Å². The molecule has 0 bridgehead atoms. The highest BCUT2D eigenvalue weighted by Gasteiger charge is 2.21. The quantitative estimate of drug-likeness (QED) is 0.596. The van der Waals surface area contributed by atoms with Gasteiger partial charge in [0.1, 0.15) is 10.6 Å². The molecule has 0 fully saturated rings. The molecule has 0 radical (unpaired) electrons. The minimum absolute atomic E-state index is 0.0631. The lowest BCUT2D eigenvalue weighted by Gasteiger charge is -2.12. The number of sulfonamides is 1. The van der Waals surface area contributed by atoms with Crippen molar-refractivity contribution in [2.24, 2.45) is 0 Å². The first-order valence-electron chi connectivity index (χ1n) is 7.20. The number of rotatable bonds is 9. The van der Waals surface area contributed by atoms with Crippen LogP contribution in [0.3, 0.4) is 0 Å². The van der Waals surface area contributed by atoms with Crippen LogP contribution in [0.25, 0.3) is 0 Å². The summed E-state index contributed by atoms with van der Waals surface area (Å²) in [6.07, 6.45) is 2.14. The Labute approximate surface area is 142 Å². The number of nitrogens with one attached hydrogen (secondary N) is 2. The normalized spacial score (nSPS) is 12.0. The number of carbonyl (C=O) groups is 1. The number of unbranched alkanes of at least 4 members (excludes halogenated alkanes) is 1. The summed E-state index contributed by atoms with van der Waals surface area (Å²) in [6.45, 7) is 2.03. The Kier molecular flexibility index (Phi) is 7.18. The predicted molar refractivity (Wildman–Crippen MR) is 89.2 cm³/mol. The molecular weight excluding hydrogens is 356 g/mol. The van der Waals surface area contributed by atoms with Crippen LogP contribution < -0.4 is 14.8 Å². The molecule has 136 valence electrons. The standard InChI is InChI=1S/C14H22N2O6S2/c1-11(17)15-8-4-5-9-16-24(20,21)14-10-12(23(3,18)19)6-7-13(14)22-2/h6-7,10,16H,4-5,8-9H2,1-3H3,(H,15,17). The number of carbonyl (C=O) groups excluding carboxylic acids is 1. The molecule has 0 atom stereocenters. The van der Waals surface area contributed by atoms with Gasteiger partial charge in [-0.3, -0.25) is 4.79 Å². The average Bonchev–Trinajstić information content (AvgIpc) is 2.48. The topological polar surface area (TPSA) is 119 Å². The molecule has 2 N–H and O–H groups in total. The van der Waals surface area contributed by atoms with Crippen molar-refractivity contribution >= 4 is 25.8 Å². The van der Waals surface area contributed by atoms with Crippen LogP contribution in [0, 0.1) is 0 Å². The molecule has 0 saturated carbocycles. The third kappa shape index (κ3) is 6.10. The van der Waals surface area contributed by atoms with E-state index < -0.39 is 19.9 Å². The van der Waals surface area contributed by atoms with Gasteiger partial charge in [-0.05, 0) is 31.0 Å². The van der Waals surface area contributed by atoms with Crippen molar-refractivity contribution in [3.63, 3.8) is 0 Å². The molecular formula is C14H22N2O6S2. The predicted octanol–water partition coefficient (Wildman–Crippen LogP) is 0.293. The zero-order valence-corrected chi connectivity index (χ0v) is 15.5. The highest BCUT2D eigenvalue weighted by atomic mass is 32.2. The number of amides is 1. The lowest BCUT2D eigenvalue weighted by molar-refractivity contribution is -0.118. The monoisotopic (exact) mass is 378 g/mol. The van der Waals surface area contributed by atoms with E-state index in [1.807, 2.05) is 0 Å². The first kappa shape index (κ1) is 20.4. The second kappa shape index (κ2) is 8.45. The van der Waals surface area contributed by atoms with Crippen molar-refractivity contribution < 1.29 is 26.4 Å². The van der Waals surface area contributed by atoms with Crippen LogP contribution in [-0.4, -0.2) is 49.2 Å². The summed E-state index contributed by atoms with van der Waals surface area (Å²) in [4.78, 5) is 10.4. The van der Waals surface area contributed by atoms with E-state index in [1.165, 1.54) is 26.2 Å². The van der Waals surface area contributed by atoms with E-state index in [4.69, 9.17) is 4.74 Å². The van der Waals surface area contributed by atoms with E-state index in [0.717, 1.165) is 12.3 Å². The van der Waals surface area contributed by atoms with Crippen LogP contribution in [0.2, 0.25) is 0 Å². The van der Waals surface area contributed by atoms with E-state index in [1.54, 1.807) is 0 Å². The van der Waals surface area contributed by atoms with Gasteiger partial charge in [-0.25, -0.2) is 21.6 Å². The van der Waals surface area contributed by atoms with E-state index in [-0.39, 0.29) is 28.0 Å². The van der Waals surface area contributed by atoms with E-state index in [9.17, 15) is 21.6 Å². The van der Waals surface area contributed by atoms with Gasteiger partial charge >= 0.3 is 0 Å². The third-order valence-electron chi connectivity index (χ3n) is 3.12. The average molecular weight is 378 g/mol. The van der Waals surface area contributed by atoms with Crippen LogP contribution >= 0.6 is 0 Å². The summed E-state index contributed by atoms with van der Waals surface area (Å²) >= 11 is 0. The molecule has 1 amide bonds. The summed E-state index contributed by atoms with van der Waals surface area (Å²) in [7, 11) is -6.15. The molecule has 0 aliphatic carbocycles. The summed E-state index contributed by atoms with van der Waals surface area (Å²) in [5, 5.41) is 2.61. The van der Waals surface area contributed by atoms with Gasteiger partial charge in [0.25, 0.3) is 0 Å². The molecule has 0 unspecified atom stereocenters. The molecule has 24 heavy (non-hydrogen) atoms. The fourth-order valence-corrected chi connectivity index (χ4v) is 3.89. The molecule has 1 rings (SSSR count). The number of hydrogen-bond donors (Lipinski definition) is 2. The second-order valence-electron chi connectivity index (χ2n) is 5.17. The van der Waals surface area contributed by atoms with Gasteiger partial charge < -0.3 is 10.1 Å². The smallest absolute Gasteiger partial charge is 0.244 e. The van der Waals surface area contributed by atoms with Gasteiger partial charge in [0.05, 0.1) is 12.0 Å². The van der Waals surface area contributed by atoms with Gasteiger partial charge in [-0.2, -0.15) is 0 Å². The van der Waals surface area contributed by atoms with Gasteiger partial charge in [0.15, 0.2) is 9.84 Å². The number of methoxy groups -OCH3 is 1. The summed E-state index contributed by atoms with van der Waals surface area (Å²) in [6, 6.07) is 3.68. The molecule has 8 nitrogen and oxygen atoms in total. The van der Waals surface area contributed by atoms with E-state index in [0.29, 0.717) is 19.4 Å². The number of ether oxygens (including phenoxy) is 1. The van der Waals surface area contributed by atoms with Gasteiger partial charge in [-0.1, -0.05) is 0 Å². The van der Waals surface area contributed by atoms with Crippen molar-refractivity contribution in [3.05, 3.63) is 18.2 Å². The SMILES string of the molecule is COc1ccc(S(C)(=O)=O)cc1S(=O)(=O)NCCCCNC(C)=O. The number of sulfone groups is 1. The maximum absolute atomic E-state index is 12.4. The summed E-state index contributed by atoms with van der Waals surface area (Å²) in [5.74, 6) is -0.0777. The number of benzene rings is 1. The molecule has 1 aromatic carbocycles. The Morgan fingerprint density at radius 2 is 1.75 bits per heavy atom. The summed E-state index contributed by atoms with van der Waals surface area (Å²) < 4.78 is 55.4.